The molecule has 0 unspecified atom stereocenters. The Labute approximate surface area is 95.0 Å². The van der Waals surface area contributed by atoms with Crippen molar-refractivity contribution < 1.29 is 17.9 Å². The van der Waals surface area contributed by atoms with Crippen LogP contribution in [0.25, 0.3) is 0 Å². The van der Waals surface area contributed by atoms with Crippen molar-refractivity contribution in [2.75, 3.05) is 13.2 Å². The van der Waals surface area contributed by atoms with E-state index in [1.807, 2.05) is 13.0 Å². The molecule has 16 heavy (non-hydrogen) atoms. The molecule has 1 nitrogen and oxygen atoms in total. The van der Waals surface area contributed by atoms with Gasteiger partial charge in [-0.2, -0.15) is 13.2 Å². The molecule has 4 heteroatoms. The van der Waals surface area contributed by atoms with Crippen molar-refractivity contribution in [3.05, 3.63) is 23.8 Å². The van der Waals surface area contributed by atoms with Gasteiger partial charge in [0.05, 0.1) is 6.61 Å². The van der Waals surface area contributed by atoms with Gasteiger partial charge in [0.1, 0.15) is 6.61 Å². The number of ether oxygens (including phenoxy) is 1. The van der Waals surface area contributed by atoms with Crippen LogP contribution in [0.5, 0.6) is 0 Å². The highest BCUT2D eigenvalue weighted by atomic mass is 19.4. The first-order valence-corrected chi connectivity index (χ1v) is 5.26. The second-order valence-electron chi connectivity index (χ2n) is 4.01. The third-order valence-corrected chi connectivity index (χ3v) is 1.90. The molecule has 0 radical (unpaired) electrons. The van der Waals surface area contributed by atoms with Crippen molar-refractivity contribution in [3.63, 3.8) is 0 Å². The highest BCUT2D eigenvalue weighted by molar-refractivity contribution is 4.99. The lowest BCUT2D eigenvalue weighted by atomic mass is 10.1. The molecule has 0 bridgehead atoms. The number of alkyl halides is 3. The maximum atomic E-state index is 11.7. The Balaban J connectivity index is 3.60. The first-order valence-electron chi connectivity index (χ1n) is 5.26. The quantitative estimate of drug-likeness (QED) is 0.474. The van der Waals surface area contributed by atoms with Crippen LogP contribution in [0, 0.1) is 0 Å². The minimum Gasteiger partial charge on any atom is -0.368 e. The molecular weight excluding hydrogens is 217 g/mol. The van der Waals surface area contributed by atoms with E-state index < -0.39 is 12.8 Å². The molecule has 0 aromatic carbocycles. The Morgan fingerprint density at radius 2 is 1.94 bits per heavy atom. The molecule has 0 aliphatic heterocycles. The van der Waals surface area contributed by atoms with Gasteiger partial charge in [0.25, 0.3) is 0 Å². The number of hydrogen-bond acceptors (Lipinski definition) is 1. The second kappa shape index (κ2) is 7.49. The highest BCUT2D eigenvalue weighted by Gasteiger charge is 2.27. The lowest BCUT2D eigenvalue weighted by Gasteiger charge is -2.07. The minimum absolute atomic E-state index is 0.0482. The first-order chi connectivity index (χ1) is 7.31. The van der Waals surface area contributed by atoms with E-state index in [2.05, 4.69) is 11.3 Å². The van der Waals surface area contributed by atoms with E-state index in [-0.39, 0.29) is 6.61 Å². The molecule has 0 aromatic rings. The average molecular weight is 236 g/mol. The number of allylic oxidation sites excluding steroid dienone is 2. The van der Waals surface area contributed by atoms with Crippen molar-refractivity contribution >= 4 is 0 Å². The highest BCUT2D eigenvalue weighted by Crippen LogP contribution is 2.15. The summed E-state index contributed by atoms with van der Waals surface area (Å²) in [7, 11) is 0. The van der Waals surface area contributed by atoms with Crippen LogP contribution >= 0.6 is 0 Å². The molecule has 0 aliphatic carbocycles. The predicted molar refractivity (Wildman–Crippen MR) is 59.3 cm³/mol. The fourth-order valence-electron chi connectivity index (χ4n) is 1.14. The molecule has 0 rings (SSSR count). The summed E-state index contributed by atoms with van der Waals surface area (Å²) in [5.41, 5.74) is 1.96. The average Bonchev–Trinajstić information content (AvgIpc) is 2.10. The molecule has 0 aromatic heterocycles. The zero-order valence-corrected chi connectivity index (χ0v) is 9.86. The lowest BCUT2D eigenvalue weighted by Crippen LogP contribution is -2.17. The third kappa shape index (κ3) is 11.3. The van der Waals surface area contributed by atoms with Crippen molar-refractivity contribution in [1.82, 2.24) is 0 Å². The van der Waals surface area contributed by atoms with Crippen molar-refractivity contribution in [3.8, 4) is 0 Å². The minimum atomic E-state index is -4.24. The Bertz CT molecular complexity index is 241. The Morgan fingerprint density at radius 3 is 2.44 bits per heavy atom. The van der Waals surface area contributed by atoms with Gasteiger partial charge in [0, 0.05) is 0 Å². The van der Waals surface area contributed by atoms with Crippen molar-refractivity contribution in [1.29, 1.82) is 0 Å². The predicted octanol–water partition coefficient (Wildman–Crippen LogP) is 4.26. The van der Waals surface area contributed by atoms with Gasteiger partial charge < -0.3 is 4.74 Å². The fourth-order valence-corrected chi connectivity index (χ4v) is 1.14. The molecule has 0 saturated heterocycles. The molecule has 0 aliphatic rings. The van der Waals surface area contributed by atoms with Gasteiger partial charge in [-0.25, -0.2) is 0 Å². The van der Waals surface area contributed by atoms with Gasteiger partial charge in [0.15, 0.2) is 0 Å². The fraction of sp³-hybridized carbons (Fsp3) is 0.667. The Kier molecular flexibility index (Phi) is 7.13. The lowest BCUT2D eigenvalue weighted by molar-refractivity contribution is -0.171. The molecule has 0 heterocycles. The van der Waals surface area contributed by atoms with Crippen LogP contribution in [-0.4, -0.2) is 19.4 Å². The molecule has 0 N–H and O–H groups in total. The van der Waals surface area contributed by atoms with E-state index in [9.17, 15) is 13.2 Å². The van der Waals surface area contributed by atoms with Crippen LogP contribution in [0.1, 0.15) is 33.1 Å². The van der Waals surface area contributed by atoms with Crippen LogP contribution in [0.3, 0.4) is 0 Å². The van der Waals surface area contributed by atoms with E-state index in [0.717, 1.165) is 30.4 Å². The number of halogens is 3. The molecule has 0 fully saturated rings. The van der Waals surface area contributed by atoms with Gasteiger partial charge in [-0.3, -0.25) is 0 Å². The summed E-state index contributed by atoms with van der Waals surface area (Å²) in [6.45, 7) is 6.39. The zero-order chi connectivity index (χ0) is 12.6. The van der Waals surface area contributed by atoms with Gasteiger partial charge in [-0.05, 0) is 33.1 Å². The summed E-state index contributed by atoms with van der Waals surface area (Å²) in [6, 6.07) is 0. The van der Waals surface area contributed by atoms with Crippen LogP contribution in [-0.2, 0) is 4.74 Å². The molecule has 0 saturated carbocycles. The summed E-state index contributed by atoms with van der Waals surface area (Å²) in [4.78, 5) is 0. The maximum Gasteiger partial charge on any atom is 0.411 e. The van der Waals surface area contributed by atoms with Gasteiger partial charge in [0.2, 0.25) is 0 Å². The monoisotopic (exact) mass is 236 g/mol. The summed E-state index contributed by atoms with van der Waals surface area (Å²) in [5, 5.41) is 0. The van der Waals surface area contributed by atoms with Gasteiger partial charge in [-0.1, -0.05) is 17.2 Å². The normalized spacial score (nSPS) is 12.9. The van der Waals surface area contributed by atoms with Crippen LogP contribution in [0.15, 0.2) is 23.8 Å². The van der Waals surface area contributed by atoms with E-state index in [4.69, 9.17) is 0 Å². The topological polar surface area (TPSA) is 9.23 Å². The number of unbranched alkanes of at least 4 members (excludes halogenated alkanes) is 1. The molecule has 0 amide bonds. The molecule has 94 valence electrons. The molecular formula is C12H19F3O. The Hall–Kier alpha value is -0.770. The van der Waals surface area contributed by atoms with Crippen LogP contribution < -0.4 is 0 Å². The smallest absolute Gasteiger partial charge is 0.368 e. The third-order valence-electron chi connectivity index (χ3n) is 1.90. The van der Waals surface area contributed by atoms with Gasteiger partial charge >= 0.3 is 6.18 Å². The number of hydrogen-bond donors (Lipinski definition) is 0. The summed E-state index contributed by atoms with van der Waals surface area (Å²) in [6.07, 6.45) is 0.465. The Morgan fingerprint density at radius 1 is 1.31 bits per heavy atom. The summed E-state index contributed by atoms with van der Waals surface area (Å²) >= 11 is 0. The largest absolute Gasteiger partial charge is 0.411 e. The maximum absolute atomic E-state index is 11.7. The van der Waals surface area contributed by atoms with E-state index in [1.165, 1.54) is 0 Å². The zero-order valence-electron chi connectivity index (χ0n) is 9.86. The van der Waals surface area contributed by atoms with E-state index in [0.29, 0.717) is 0 Å². The van der Waals surface area contributed by atoms with Crippen molar-refractivity contribution in [2.45, 2.75) is 39.3 Å². The SMILES string of the molecule is C=C(C)CCC/C=C(\C)COCC(F)(F)F. The molecule has 0 atom stereocenters. The van der Waals surface area contributed by atoms with Crippen LogP contribution in [0.2, 0.25) is 0 Å². The summed E-state index contributed by atoms with van der Waals surface area (Å²) < 4.78 is 39.8. The number of rotatable bonds is 7. The van der Waals surface area contributed by atoms with E-state index >= 15 is 0 Å². The summed E-state index contributed by atoms with van der Waals surface area (Å²) in [5.74, 6) is 0. The van der Waals surface area contributed by atoms with Crippen LogP contribution in [0.4, 0.5) is 13.2 Å². The first kappa shape index (κ1) is 15.2. The van der Waals surface area contributed by atoms with E-state index in [1.54, 1.807) is 6.92 Å². The van der Waals surface area contributed by atoms with Gasteiger partial charge in [-0.15, -0.1) is 6.58 Å². The molecule has 0 spiro atoms. The second-order valence-corrected chi connectivity index (χ2v) is 4.01. The van der Waals surface area contributed by atoms with Crippen molar-refractivity contribution in [2.24, 2.45) is 0 Å². The standard InChI is InChI=1S/C12H19F3O/c1-10(2)6-4-5-7-11(3)8-16-9-12(13,14)15/h7H,1,4-6,8-9H2,2-3H3/b11-7+.